The van der Waals surface area contributed by atoms with Gasteiger partial charge in [-0.3, -0.25) is 19.6 Å². The molecular formula is C65H47F5N4O9S. The number of benzene rings is 8. The number of carbonyl (C=O) groups excluding carboxylic acids is 3. The third kappa shape index (κ3) is 11.2. The van der Waals surface area contributed by atoms with Crippen LogP contribution in [0.3, 0.4) is 0 Å². The molecule has 0 bridgehead atoms. The largest absolute Gasteiger partial charge is 0.534 e. The lowest BCUT2D eigenvalue weighted by Gasteiger charge is -2.23. The molecule has 84 heavy (non-hydrogen) atoms. The Hall–Kier alpha value is -10.0. The van der Waals surface area contributed by atoms with Crippen LogP contribution in [0.5, 0.6) is 17.2 Å². The molecule has 422 valence electrons. The molecule has 12 rings (SSSR count). The minimum Gasteiger partial charge on any atom is -0.478 e. The van der Waals surface area contributed by atoms with Gasteiger partial charge in [0.1, 0.15) is 34.9 Å². The molecule has 0 radical (unpaired) electrons. The summed E-state index contributed by atoms with van der Waals surface area (Å²) in [6.07, 6.45) is 1.63. The Balaban J connectivity index is 0.000000176. The zero-order valence-electron chi connectivity index (χ0n) is 44.4. The molecule has 19 heteroatoms. The summed E-state index contributed by atoms with van der Waals surface area (Å²) in [5.74, 6) is -2.75. The van der Waals surface area contributed by atoms with Gasteiger partial charge in [-0.15, -0.1) is 0 Å². The average Bonchev–Trinajstić information content (AvgIpc) is 2.85. The molecule has 8 aromatic carbocycles. The minimum atomic E-state index is -6.12. The van der Waals surface area contributed by atoms with Crippen LogP contribution in [0, 0.1) is 11.6 Å². The van der Waals surface area contributed by atoms with E-state index < -0.39 is 51.3 Å². The Labute approximate surface area is 478 Å². The van der Waals surface area contributed by atoms with Gasteiger partial charge in [-0.1, -0.05) is 152 Å². The average molecular weight is 1160 g/mol. The molecule has 2 aliphatic rings. The Morgan fingerprint density at radius 2 is 0.905 bits per heavy atom. The summed E-state index contributed by atoms with van der Waals surface area (Å²) in [4.78, 5) is 53.0. The van der Waals surface area contributed by atoms with Gasteiger partial charge in [0, 0.05) is 53.9 Å². The molecule has 4 heterocycles. The van der Waals surface area contributed by atoms with Crippen molar-refractivity contribution in [2.45, 2.75) is 43.9 Å². The van der Waals surface area contributed by atoms with E-state index in [9.17, 15) is 44.8 Å². The first-order valence-corrected chi connectivity index (χ1v) is 27.6. The van der Waals surface area contributed by atoms with Crippen LogP contribution in [0.4, 0.5) is 22.0 Å². The van der Waals surface area contributed by atoms with Crippen molar-refractivity contribution in [2.24, 2.45) is 0 Å². The van der Waals surface area contributed by atoms with Gasteiger partial charge >= 0.3 is 21.6 Å². The number of aromatic nitrogens is 2. The van der Waals surface area contributed by atoms with Crippen molar-refractivity contribution in [1.82, 2.24) is 19.8 Å². The molecule has 0 unspecified atom stereocenters. The van der Waals surface area contributed by atoms with E-state index >= 15 is 0 Å². The van der Waals surface area contributed by atoms with Gasteiger partial charge in [-0.05, 0) is 75.8 Å². The maximum absolute atomic E-state index is 14.0. The summed E-state index contributed by atoms with van der Waals surface area (Å²) in [5.41, 5.74) is -0.0614. The van der Waals surface area contributed by atoms with Crippen LogP contribution in [0.25, 0.3) is 21.8 Å². The second-order valence-electron chi connectivity index (χ2n) is 19.6. The molecule has 0 aliphatic carbocycles. The Morgan fingerprint density at radius 3 is 1.31 bits per heavy atom. The van der Waals surface area contributed by atoms with Gasteiger partial charge in [0.25, 0.3) is 11.8 Å². The van der Waals surface area contributed by atoms with Crippen molar-refractivity contribution < 1.29 is 63.1 Å². The number of ether oxygens (including phenoxy) is 3. The quantitative estimate of drug-likeness (QED) is 0.0417. The van der Waals surface area contributed by atoms with Crippen molar-refractivity contribution in [2.75, 3.05) is 7.11 Å². The number of fused-ring (bicyclic) bond motifs is 4. The fourth-order valence-corrected chi connectivity index (χ4v) is 10.8. The number of carbonyl (C=O) groups is 3. The lowest BCUT2D eigenvalue weighted by molar-refractivity contribution is -0.0500. The number of alkyl halides is 3. The zero-order valence-corrected chi connectivity index (χ0v) is 45.2. The maximum Gasteiger partial charge on any atom is 0.534 e. The number of esters is 1. The summed E-state index contributed by atoms with van der Waals surface area (Å²) in [5, 5.41) is 0.449. The molecule has 0 saturated heterocycles. The van der Waals surface area contributed by atoms with Crippen LogP contribution >= 0.6 is 0 Å². The first-order valence-electron chi connectivity index (χ1n) is 26.1. The van der Waals surface area contributed by atoms with Gasteiger partial charge in [-0.25, -0.2) is 13.6 Å². The molecule has 0 fully saturated rings. The van der Waals surface area contributed by atoms with E-state index in [4.69, 9.17) is 18.4 Å². The van der Waals surface area contributed by atoms with Crippen LogP contribution < -0.4 is 13.7 Å². The van der Waals surface area contributed by atoms with E-state index in [1.165, 1.54) is 66.7 Å². The molecule has 0 N–H and O–H groups in total. The SMILES string of the molecule is COC(=O)c1c2c(c(OC(c3ccccc3)c3ccccc3)c3ncccc13)C(=O)N(Cc1ccc(F)cc1)C2.O=C1c2c(c(OS(=O)(=O)C(F)(F)F)c3cccnc3c2OC(c2ccccc2)c2ccccc2)CN1Cc1ccc(F)cc1. The molecule has 10 aromatic rings. The lowest BCUT2D eigenvalue weighted by atomic mass is 9.96. The van der Waals surface area contributed by atoms with Crippen molar-refractivity contribution in [1.29, 1.82) is 0 Å². The standard InChI is InChI=1S/C33H25FN2O4.C32H22F4N2O5S/c1-39-33(38)27-25-13-8-18-35-29(25)31(40-30(22-9-4-2-5-10-22)23-11-6-3-7-12-23)28-26(27)20-36(32(28)37)19-21-14-16-24(34)17-15-21;33-23-15-13-20(14-16-23)18-38-19-25-26(31(38)39)30(42-28(21-8-3-1-4-9-21)22-10-5-2-6-11-22)27-24(12-7-17-37-27)29(25)43-44(40,41)32(34,35)36/h2-18,30H,19-20H2,1H3;1-17,28H,18-19H2. The van der Waals surface area contributed by atoms with E-state index in [1.807, 2.05) is 121 Å². The smallest absolute Gasteiger partial charge is 0.478 e. The highest BCUT2D eigenvalue weighted by Gasteiger charge is 2.50. The fraction of sp³-hybridized carbons (Fsp3) is 0.123. The van der Waals surface area contributed by atoms with Gasteiger partial charge in [-0.2, -0.15) is 21.6 Å². The van der Waals surface area contributed by atoms with Crippen LogP contribution in [0.2, 0.25) is 0 Å². The predicted octanol–water partition coefficient (Wildman–Crippen LogP) is 13.4. The van der Waals surface area contributed by atoms with Crippen LogP contribution in [-0.4, -0.2) is 58.6 Å². The molecule has 0 saturated carbocycles. The maximum atomic E-state index is 14.0. The summed E-state index contributed by atoms with van der Waals surface area (Å²) in [7, 11) is -4.81. The van der Waals surface area contributed by atoms with E-state index in [0.29, 0.717) is 44.5 Å². The zero-order chi connectivity index (χ0) is 58.7. The molecule has 0 spiro atoms. The van der Waals surface area contributed by atoms with Crippen LogP contribution in [-0.2, 0) is 41.0 Å². The van der Waals surface area contributed by atoms with Crippen molar-refractivity contribution in [3.05, 3.63) is 279 Å². The highest BCUT2D eigenvalue weighted by atomic mass is 32.2. The number of methoxy groups -OCH3 is 1. The predicted molar refractivity (Wildman–Crippen MR) is 301 cm³/mol. The van der Waals surface area contributed by atoms with E-state index in [1.54, 1.807) is 35.4 Å². The third-order valence-corrected chi connectivity index (χ3v) is 15.2. The monoisotopic (exact) mass is 1150 g/mol. The number of rotatable bonds is 15. The number of halogens is 5. The fourth-order valence-electron chi connectivity index (χ4n) is 10.3. The molecule has 2 aromatic heterocycles. The van der Waals surface area contributed by atoms with Crippen molar-refractivity contribution >= 4 is 49.7 Å². The first kappa shape index (κ1) is 55.9. The number of nitrogens with zero attached hydrogens (tertiary/aromatic N) is 4. The van der Waals surface area contributed by atoms with E-state index in [-0.39, 0.29) is 71.2 Å². The third-order valence-electron chi connectivity index (χ3n) is 14.2. The number of amides is 2. The Kier molecular flexibility index (Phi) is 15.6. The summed E-state index contributed by atoms with van der Waals surface area (Å²) in [6, 6.07) is 55.3. The van der Waals surface area contributed by atoms with Gasteiger partial charge in [0.05, 0.1) is 30.3 Å². The number of hydrogen-bond acceptors (Lipinski definition) is 11. The summed E-state index contributed by atoms with van der Waals surface area (Å²) < 4.78 is 115. The second-order valence-corrected chi connectivity index (χ2v) is 21.1. The number of pyridine rings is 2. The Morgan fingerprint density at radius 1 is 0.524 bits per heavy atom. The van der Waals surface area contributed by atoms with Crippen LogP contribution in [0.15, 0.2) is 207 Å². The summed E-state index contributed by atoms with van der Waals surface area (Å²) >= 11 is 0. The van der Waals surface area contributed by atoms with Gasteiger partial charge in [0.15, 0.2) is 17.2 Å². The molecule has 2 aliphatic heterocycles. The normalized spacial score (nSPS) is 13.0. The molecule has 13 nitrogen and oxygen atoms in total. The summed E-state index contributed by atoms with van der Waals surface area (Å²) in [6.45, 7) is 0.0387. The van der Waals surface area contributed by atoms with Gasteiger partial charge in [0.2, 0.25) is 0 Å². The number of hydrogen-bond donors (Lipinski definition) is 0. The second kappa shape index (κ2) is 23.5. The van der Waals surface area contributed by atoms with Crippen molar-refractivity contribution in [3.63, 3.8) is 0 Å². The highest BCUT2D eigenvalue weighted by molar-refractivity contribution is 7.88. The Bertz CT molecular complexity index is 4130. The molecule has 0 atom stereocenters. The minimum absolute atomic E-state index is 0.0448. The molecular weight excluding hydrogens is 1110 g/mol. The van der Waals surface area contributed by atoms with Crippen molar-refractivity contribution in [3.8, 4) is 17.2 Å². The molecule has 2 amide bonds. The first-order chi connectivity index (χ1) is 40.6. The lowest BCUT2D eigenvalue weighted by Crippen LogP contribution is -2.28. The topological polar surface area (TPSA) is 155 Å². The van der Waals surface area contributed by atoms with E-state index in [0.717, 1.165) is 16.7 Å². The highest BCUT2D eigenvalue weighted by Crippen LogP contribution is 2.48. The van der Waals surface area contributed by atoms with Crippen LogP contribution in [0.1, 0.15) is 87.8 Å². The van der Waals surface area contributed by atoms with E-state index in [2.05, 4.69) is 9.97 Å². The van der Waals surface area contributed by atoms with Gasteiger partial charge < -0.3 is 28.2 Å².